The van der Waals surface area contributed by atoms with Crippen LogP contribution >= 0.6 is 0 Å². The first-order chi connectivity index (χ1) is 14.1. The van der Waals surface area contributed by atoms with Crippen LogP contribution in [0.5, 0.6) is 0 Å². The average molecular weight is 449 g/mol. The van der Waals surface area contributed by atoms with Crippen LogP contribution in [0.3, 0.4) is 0 Å². The largest absolute Gasteiger partial charge is 0.268 e. The predicted molar refractivity (Wildman–Crippen MR) is 115 cm³/mol. The summed E-state index contributed by atoms with van der Waals surface area (Å²) in [5.41, 5.74) is 1.90. The molecule has 3 rings (SSSR count). The number of nitrogens with two attached hydrogens (primary N) is 1. The number of sulfonamides is 2. The van der Waals surface area contributed by atoms with Crippen molar-refractivity contribution in [2.24, 2.45) is 5.14 Å². The molecule has 0 aliphatic heterocycles. The minimum atomic E-state index is -3.80. The highest BCUT2D eigenvalue weighted by molar-refractivity contribution is 7.89. The van der Waals surface area contributed by atoms with E-state index in [0.29, 0.717) is 12.1 Å². The van der Waals surface area contributed by atoms with Gasteiger partial charge in [-0.3, -0.25) is 4.68 Å². The zero-order chi connectivity index (χ0) is 21.9. The molecule has 0 unspecified atom stereocenters. The van der Waals surface area contributed by atoms with Crippen LogP contribution in [0.1, 0.15) is 25.5 Å². The molecular formula is C20H24N4O4S2. The second kappa shape index (κ2) is 8.68. The lowest BCUT2D eigenvalue weighted by molar-refractivity contribution is 0.532. The Morgan fingerprint density at radius 2 is 1.63 bits per heavy atom. The molecule has 3 aromatic rings. The van der Waals surface area contributed by atoms with Gasteiger partial charge in [0.15, 0.2) is 0 Å². The predicted octanol–water partition coefficient (Wildman–Crippen LogP) is 2.30. The van der Waals surface area contributed by atoms with E-state index >= 15 is 0 Å². The van der Waals surface area contributed by atoms with Crippen LogP contribution in [0.4, 0.5) is 0 Å². The van der Waals surface area contributed by atoms with Gasteiger partial charge in [0.25, 0.3) is 0 Å². The Balaban J connectivity index is 1.79. The molecule has 30 heavy (non-hydrogen) atoms. The number of primary sulfonamides is 1. The molecule has 160 valence electrons. The van der Waals surface area contributed by atoms with E-state index in [1.807, 2.05) is 44.2 Å². The standard InChI is InChI=1S/C20H24N4O4S2/c1-15(2)24-14-19(20(23-24)17-6-4-3-5-7-17)30(27,28)22-13-12-16-8-10-18(11-9-16)29(21,25)26/h3-11,14-15,22H,12-13H2,1-2H3,(H2,21,25,26). The number of hydrogen-bond donors (Lipinski definition) is 2. The van der Waals surface area contributed by atoms with Crippen LogP contribution in [0.2, 0.25) is 0 Å². The van der Waals surface area contributed by atoms with Gasteiger partial charge in [-0.25, -0.2) is 26.7 Å². The highest BCUT2D eigenvalue weighted by Gasteiger charge is 2.24. The number of nitrogens with one attached hydrogen (secondary N) is 1. The van der Waals surface area contributed by atoms with Gasteiger partial charge >= 0.3 is 0 Å². The Labute approximate surface area is 176 Å². The molecule has 0 radical (unpaired) electrons. The monoisotopic (exact) mass is 448 g/mol. The van der Waals surface area contributed by atoms with E-state index in [0.717, 1.165) is 11.1 Å². The molecule has 10 heteroatoms. The lowest BCUT2D eigenvalue weighted by Gasteiger charge is -2.07. The molecule has 3 N–H and O–H groups in total. The van der Waals surface area contributed by atoms with Gasteiger partial charge in [-0.05, 0) is 38.0 Å². The van der Waals surface area contributed by atoms with Crippen molar-refractivity contribution in [1.29, 1.82) is 0 Å². The summed E-state index contributed by atoms with van der Waals surface area (Å²) in [4.78, 5) is 0.132. The maximum Gasteiger partial charge on any atom is 0.244 e. The smallest absolute Gasteiger partial charge is 0.244 e. The Hall–Kier alpha value is -2.53. The Morgan fingerprint density at radius 3 is 2.20 bits per heavy atom. The molecule has 0 atom stereocenters. The van der Waals surface area contributed by atoms with E-state index in [2.05, 4.69) is 9.82 Å². The highest BCUT2D eigenvalue weighted by Crippen LogP contribution is 2.27. The average Bonchev–Trinajstić information content (AvgIpc) is 3.15. The number of nitrogens with zero attached hydrogens (tertiary/aromatic N) is 2. The first kappa shape index (κ1) is 22.2. The zero-order valence-corrected chi connectivity index (χ0v) is 18.3. The van der Waals surface area contributed by atoms with Gasteiger partial charge in [0.1, 0.15) is 10.6 Å². The normalized spacial score (nSPS) is 12.4. The Morgan fingerprint density at radius 1 is 1.00 bits per heavy atom. The number of hydrogen-bond acceptors (Lipinski definition) is 5. The third kappa shape index (κ3) is 5.14. The summed E-state index contributed by atoms with van der Waals surface area (Å²) in [5.74, 6) is 0. The number of aromatic nitrogens is 2. The fraction of sp³-hybridized carbons (Fsp3) is 0.250. The second-order valence-corrected chi connectivity index (χ2v) is 10.4. The summed E-state index contributed by atoms with van der Waals surface area (Å²) in [6, 6.07) is 15.2. The Bertz CT molecular complexity index is 1220. The van der Waals surface area contributed by atoms with Crippen molar-refractivity contribution < 1.29 is 16.8 Å². The van der Waals surface area contributed by atoms with Gasteiger partial charge in [0.05, 0.1) is 4.90 Å². The van der Waals surface area contributed by atoms with Gasteiger partial charge in [-0.15, -0.1) is 0 Å². The van der Waals surface area contributed by atoms with Crippen LogP contribution in [-0.4, -0.2) is 33.2 Å². The van der Waals surface area contributed by atoms with E-state index in [-0.39, 0.29) is 22.4 Å². The Kier molecular flexibility index (Phi) is 6.41. The first-order valence-electron chi connectivity index (χ1n) is 9.34. The molecule has 8 nitrogen and oxygen atoms in total. The quantitative estimate of drug-likeness (QED) is 0.547. The second-order valence-electron chi connectivity index (χ2n) is 7.12. The molecule has 2 aromatic carbocycles. The van der Waals surface area contributed by atoms with Crippen LogP contribution in [0.15, 0.2) is 70.6 Å². The summed E-state index contributed by atoms with van der Waals surface area (Å²) in [5, 5.41) is 9.56. The van der Waals surface area contributed by atoms with Crippen LogP contribution in [-0.2, 0) is 26.5 Å². The zero-order valence-electron chi connectivity index (χ0n) is 16.7. The van der Waals surface area contributed by atoms with Crippen molar-refractivity contribution in [2.75, 3.05) is 6.54 Å². The molecule has 0 amide bonds. The minimum Gasteiger partial charge on any atom is -0.268 e. The summed E-state index contributed by atoms with van der Waals surface area (Å²) in [6.45, 7) is 4.01. The van der Waals surface area contributed by atoms with E-state index < -0.39 is 20.0 Å². The topological polar surface area (TPSA) is 124 Å². The van der Waals surface area contributed by atoms with Crippen LogP contribution < -0.4 is 9.86 Å². The fourth-order valence-electron chi connectivity index (χ4n) is 2.89. The van der Waals surface area contributed by atoms with Gasteiger partial charge in [0.2, 0.25) is 20.0 Å². The number of rotatable bonds is 8. The highest BCUT2D eigenvalue weighted by atomic mass is 32.2. The van der Waals surface area contributed by atoms with Gasteiger partial charge in [-0.1, -0.05) is 42.5 Å². The molecule has 0 saturated carbocycles. The summed E-state index contributed by atoms with van der Waals surface area (Å²) in [7, 11) is -7.56. The molecule has 1 aromatic heterocycles. The number of benzene rings is 2. The van der Waals surface area contributed by atoms with Gasteiger partial charge in [0, 0.05) is 24.3 Å². The van der Waals surface area contributed by atoms with Crippen LogP contribution in [0, 0.1) is 0 Å². The first-order valence-corrected chi connectivity index (χ1v) is 12.4. The molecule has 0 saturated heterocycles. The maximum atomic E-state index is 13.0. The molecule has 0 fully saturated rings. The maximum absolute atomic E-state index is 13.0. The molecule has 0 spiro atoms. The molecule has 0 aliphatic rings. The van der Waals surface area contributed by atoms with E-state index in [4.69, 9.17) is 5.14 Å². The lowest BCUT2D eigenvalue weighted by Crippen LogP contribution is -2.26. The van der Waals surface area contributed by atoms with Crippen molar-refractivity contribution in [1.82, 2.24) is 14.5 Å². The fourth-order valence-corrected chi connectivity index (χ4v) is 4.59. The van der Waals surface area contributed by atoms with Crippen molar-refractivity contribution in [3.63, 3.8) is 0 Å². The molecule has 1 heterocycles. The summed E-state index contributed by atoms with van der Waals surface area (Å²) < 4.78 is 52.8. The van der Waals surface area contributed by atoms with Crippen molar-refractivity contribution in [2.45, 2.75) is 36.1 Å². The minimum absolute atomic E-state index is 0.00810. The van der Waals surface area contributed by atoms with E-state index in [1.165, 1.54) is 18.3 Å². The third-order valence-electron chi connectivity index (χ3n) is 4.52. The molecule has 0 bridgehead atoms. The summed E-state index contributed by atoms with van der Waals surface area (Å²) >= 11 is 0. The van der Waals surface area contributed by atoms with Gasteiger partial charge < -0.3 is 0 Å². The SMILES string of the molecule is CC(C)n1cc(S(=O)(=O)NCCc2ccc(S(N)(=O)=O)cc2)c(-c2ccccc2)n1. The molecule has 0 aliphatic carbocycles. The van der Waals surface area contributed by atoms with Crippen molar-refractivity contribution in [3.05, 3.63) is 66.4 Å². The van der Waals surface area contributed by atoms with Crippen molar-refractivity contribution >= 4 is 20.0 Å². The lowest BCUT2D eigenvalue weighted by atomic mass is 10.2. The van der Waals surface area contributed by atoms with Crippen LogP contribution in [0.25, 0.3) is 11.3 Å². The van der Waals surface area contributed by atoms with E-state index in [9.17, 15) is 16.8 Å². The molecular weight excluding hydrogens is 424 g/mol. The summed E-state index contributed by atoms with van der Waals surface area (Å²) in [6.07, 6.45) is 1.93. The van der Waals surface area contributed by atoms with Crippen molar-refractivity contribution in [3.8, 4) is 11.3 Å². The van der Waals surface area contributed by atoms with E-state index in [1.54, 1.807) is 16.8 Å². The third-order valence-corrected chi connectivity index (χ3v) is 6.91. The van der Waals surface area contributed by atoms with Gasteiger partial charge in [-0.2, -0.15) is 5.10 Å².